The summed E-state index contributed by atoms with van der Waals surface area (Å²) in [5.74, 6) is 0.923. The average Bonchev–Trinajstić information content (AvgIpc) is 3.57. The predicted octanol–water partition coefficient (Wildman–Crippen LogP) is 5.73. The smallest absolute Gasteiger partial charge is 0.268 e. The fourth-order valence-electron chi connectivity index (χ4n) is 5.51. The molecule has 8 nitrogen and oxygen atoms in total. The Kier molecular flexibility index (Phi) is 8.20. The van der Waals surface area contributed by atoms with E-state index in [2.05, 4.69) is 41.5 Å². The third kappa shape index (κ3) is 5.63. The fraction of sp³-hybridized carbons (Fsp3) is 0.375. The normalized spacial score (nSPS) is 15.8. The molecular formula is C32H35N5O3S2. The van der Waals surface area contributed by atoms with E-state index in [1.54, 1.807) is 15.9 Å². The van der Waals surface area contributed by atoms with Crippen LogP contribution in [0.15, 0.2) is 64.5 Å². The molecule has 5 aromatic rings. The Hall–Kier alpha value is -3.47. The van der Waals surface area contributed by atoms with Crippen molar-refractivity contribution in [1.82, 2.24) is 24.5 Å². The van der Waals surface area contributed by atoms with E-state index in [1.807, 2.05) is 60.7 Å². The average molecular weight is 602 g/mol. The summed E-state index contributed by atoms with van der Waals surface area (Å²) in [6, 6.07) is 18.2. The highest BCUT2D eigenvalue weighted by Gasteiger charge is 2.30. The molecule has 0 unspecified atom stereocenters. The van der Waals surface area contributed by atoms with Crippen LogP contribution in [0.4, 0.5) is 0 Å². The summed E-state index contributed by atoms with van der Waals surface area (Å²) in [5, 5.41) is 13.4. The van der Waals surface area contributed by atoms with Gasteiger partial charge in [0.15, 0.2) is 5.16 Å². The van der Waals surface area contributed by atoms with Crippen LogP contribution in [0.2, 0.25) is 0 Å². The standard InChI is InChI=1S/C32H35N5O3S2/c1-19(2)25-16-24-26(17-40-25)42-30-28(24)29(39)36(23-12-8-9-20(3)15-23)31-34-35-32(37(30)31)41-18-27(38)33-21(4)13-14-22-10-6-5-7-11-22/h5-12,15,19,21,25H,13-14,16-18H2,1-4H3,(H,33,38)/t21-,25+/m1/s1. The SMILES string of the molecule is Cc1cccc(-n2c(=O)c3c4c(sc3n3c(SCC(=O)N[C@H](C)CCc5ccccc5)nnc23)CO[C@H](C(C)C)C4)c1. The van der Waals surface area contributed by atoms with Crippen LogP contribution in [0.1, 0.15) is 48.8 Å². The molecule has 0 aliphatic carbocycles. The number of amides is 1. The fourth-order valence-corrected chi connectivity index (χ4v) is 7.55. The van der Waals surface area contributed by atoms with Crippen molar-refractivity contribution in [2.45, 2.75) is 70.9 Å². The lowest BCUT2D eigenvalue weighted by atomic mass is 9.96. The van der Waals surface area contributed by atoms with E-state index in [9.17, 15) is 9.59 Å². The van der Waals surface area contributed by atoms with Gasteiger partial charge in [-0.15, -0.1) is 21.5 Å². The summed E-state index contributed by atoms with van der Waals surface area (Å²) in [5.41, 5.74) is 4.01. The third-order valence-corrected chi connectivity index (χ3v) is 9.91. The highest BCUT2D eigenvalue weighted by atomic mass is 32.2. The van der Waals surface area contributed by atoms with Gasteiger partial charge in [0.2, 0.25) is 11.7 Å². The van der Waals surface area contributed by atoms with Gasteiger partial charge in [-0.3, -0.25) is 9.59 Å². The van der Waals surface area contributed by atoms with Gasteiger partial charge in [-0.25, -0.2) is 8.97 Å². The highest BCUT2D eigenvalue weighted by molar-refractivity contribution is 7.99. The number of thiophene rings is 1. The van der Waals surface area contributed by atoms with E-state index in [0.717, 1.165) is 39.4 Å². The van der Waals surface area contributed by atoms with Crippen molar-refractivity contribution >= 4 is 45.0 Å². The number of thioether (sulfide) groups is 1. The van der Waals surface area contributed by atoms with Crippen molar-refractivity contribution in [3.05, 3.63) is 86.5 Å². The molecular weight excluding hydrogens is 567 g/mol. The minimum absolute atomic E-state index is 0.0459. The lowest BCUT2D eigenvalue weighted by molar-refractivity contribution is -0.119. The summed E-state index contributed by atoms with van der Waals surface area (Å²) in [4.78, 5) is 29.0. The first kappa shape index (κ1) is 28.6. The molecule has 10 heteroatoms. The number of hydrogen-bond donors (Lipinski definition) is 1. The van der Waals surface area contributed by atoms with Crippen LogP contribution in [0.3, 0.4) is 0 Å². The maximum atomic E-state index is 14.2. The summed E-state index contributed by atoms with van der Waals surface area (Å²) in [6.07, 6.45) is 2.51. The van der Waals surface area contributed by atoms with Crippen molar-refractivity contribution < 1.29 is 9.53 Å². The summed E-state index contributed by atoms with van der Waals surface area (Å²) in [6.45, 7) is 8.82. The summed E-state index contributed by atoms with van der Waals surface area (Å²) >= 11 is 2.90. The van der Waals surface area contributed by atoms with Crippen LogP contribution >= 0.6 is 23.1 Å². The Bertz CT molecular complexity index is 1810. The second-order valence-corrected chi connectivity index (χ2v) is 13.4. The molecule has 42 heavy (non-hydrogen) atoms. The van der Waals surface area contributed by atoms with Crippen LogP contribution < -0.4 is 10.9 Å². The van der Waals surface area contributed by atoms with Crippen molar-refractivity contribution in [3.8, 4) is 5.69 Å². The molecule has 6 rings (SSSR count). The molecule has 2 aromatic carbocycles. The van der Waals surface area contributed by atoms with Crippen molar-refractivity contribution in [1.29, 1.82) is 0 Å². The molecule has 0 spiro atoms. The first-order valence-corrected chi connectivity index (χ1v) is 16.2. The van der Waals surface area contributed by atoms with Gasteiger partial charge in [-0.2, -0.15) is 0 Å². The zero-order valence-corrected chi connectivity index (χ0v) is 25.9. The number of aromatic nitrogens is 4. The van der Waals surface area contributed by atoms with E-state index < -0.39 is 0 Å². The maximum absolute atomic E-state index is 14.2. The van der Waals surface area contributed by atoms with Crippen molar-refractivity contribution in [2.24, 2.45) is 5.92 Å². The van der Waals surface area contributed by atoms with Gasteiger partial charge < -0.3 is 10.1 Å². The second-order valence-electron chi connectivity index (χ2n) is 11.4. The molecule has 0 radical (unpaired) electrons. The Morgan fingerprint density at radius 1 is 1.14 bits per heavy atom. The molecule has 1 N–H and O–H groups in total. The summed E-state index contributed by atoms with van der Waals surface area (Å²) in [7, 11) is 0. The Morgan fingerprint density at radius 3 is 2.71 bits per heavy atom. The number of nitrogens with one attached hydrogen (secondary N) is 1. The van der Waals surface area contributed by atoms with Gasteiger partial charge in [0.1, 0.15) is 4.83 Å². The largest absolute Gasteiger partial charge is 0.372 e. The first-order valence-electron chi connectivity index (χ1n) is 14.4. The minimum Gasteiger partial charge on any atom is -0.372 e. The molecule has 0 saturated heterocycles. The topological polar surface area (TPSA) is 90.5 Å². The molecule has 1 aliphatic rings. The number of nitrogens with zero attached hydrogens (tertiary/aromatic N) is 4. The number of benzene rings is 2. The van der Waals surface area contributed by atoms with E-state index in [4.69, 9.17) is 4.74 Å². The second kappa shape index (κ2) is 12.0. The van der Waals surface area contributed by atoms with Gasteiger partial charge in [-0.1, -0.05) is 68.1 Å². The third-order valence-electron chi connectivity index (χ3n) is 7.79. The highest BCUT2D eigenvalue weighted by Crippen LogP contribution is 2.37. The minimum atomic E-state index is -0.0982. The maximum Gasteiger partial charge on any atom is 0.268 e. The molecule has 0 fully saturated rings. The quantitative estimate of drug-likeness (QED) is 0.217. The predicted molar refractivity (Wildman–Crippen MR) is 169 cm³/mol. The number of carbonyl (C=O) groups excluding carboxylic acids is 1. The summed E-state index contributed by atoms with van der Waals surface area (Å²) < 4.78 is 9.76. The van der Waals surface area contributed by atoms with E-state index in [-0.39, 0.29) is 29.4 Å². The zero-order chi connectivity index (χ0) is 29.4. The van der Waals surface area contributed by atoms with Gasteiger partial charge in [0.25, 0.3) is 5.56 Å². The van der Waals surface area contributed by atoms with Crippen LogP contribution in [-0.2, 0) is 29.0 Å². The lowest BCUT2D eigenvalue weighted by Gasteiger charge is -2.26. The zero-order valence-electron chi connectivity index (χ0n) is 24.3. The van der Waals surface area contributed by atoms with E-state index in [0.29, 0.717) is 35.3 Å². The first-order chi connectivity index (χ1) is 20.3. The van der Waals surface area contributed by atoms with Gasteiger partial charge >= 0.3 is 0 Å². The Balaban J connectivity index is 1.33. The van der Waals surface area contributed by atoms with Gasteiger partial charge in [0.05, 0.1) is 29.5 Å². The molecule has 3 aromatic heterocycles. The number of aryl methyl sites for hydroxylation is 2. The molecule has 0 saturated carbocycles. The molecule has 0 bridgehead atoms. The van der Waals surface area contributed by atoms with Crippen LogP contribution in [0, 0.1) is 12.8 Å². The number of fused-ring (bicyclic) bond motifs is 5. The molecule has 1 amide bonds. The van der Waals surface area contributed by atoms with Crippen LogP contribution in [0.5, 0.6) is 0 Å². The number of rotatable bonds is 9. The van der Waals surface area contributed by atoms with Crippen LogP contribution in [0.25, 0.3) is 21.7 Å². The van der Waals surface area contributed by atoms with E-state index >= 15 is 0 Å². The van der Waals surface area contributed by atoms with E-state index in [1.165, 1.54) is 17.3 Å². The number of carbonyl (C=O) groups is 1. The Morgan fingerprint density at radius 2 is 1.95 bits per heavy atom. The van der Waals surface area contributed by atoms with Crippen molar-refractivity contribution in [3.63, 3.8) is 0 Å². The van der Waals surface area contributed by atoms with Crippen molar-refractivity contribution in [2.75, 3.05) is 5.75 Å². The number of hydrogen-bond acceptors (Lipinski definition) is 7. The molecule has 4 heterocycles. The molecule has 1 aliphatic heterocycles. The Labute approximate surface area is 253 Å². The molecule has 218 valence electrons. The van der Waals surface area contributed by atoms with Crippen LogP contribution in [-0.4, -0.2) is 43.0 Å². The molecule has 2 atom stereocenters. The number of ether oxygens (including phenoxy) is 1. The lowest BCUT2D eigenvalue weighted by Crippen LogP contribution is -2.34. The van der Waals surface area contributed by atoms with Gasteiger partial charge in [-0.05, 0) is 61.4 Å². The monoisotopic (exact) mass is 601 g/mol. The van der Waals surface area contributed by atoms with Gasteiger partial charge in [0, 0.05) is 17.3 Å².